The smallest absolute Gasteiger partial charge is 0.415 e. The fraction of sp³-hybridized carbons (Fsp3) is 0.600. The molecule has 10 heteroatoms. The molecule has 1 spiro atoms. The van der Waals surface area contributed by atoms with Crippen LogP contribution in [0.5, 0.6) is 0 Å². The van der Waals surface area contributed by atoms with Gasteiger partial charge in [0.05, 0.1) is 19.3 Å². The topological polar surface area (TPSA) is 86.8 Å². The van der Waals surface area contributed by atoms with Crippen LogP contribution < -0.4 is 0 Å². The largest absolute Gasteiger partial charge is 0.515 e. The Hall–Kier alpha value is -2.17. The second-order valence-corrected chi connectivity index (χ2v) is 9.80. The lowest BCUT2D eigenvalue weighted by molar-refractivity contribution is -0.291. The first-order valence-corrected chi connectivity index (χ1v) is 12.4. The molecule has 3 aliphatic heterocycles. The lowest BCUT2D eigenvalue weighted by atomic mass is 9.85. The normalized spacial score (nSPS) is 23.3. The molecule has 1 aromatic rings. The van der Waals surface area contributed by atoms with Gasteiger partial charge in [0.2, 0.25) is 0 Å². The quantitative estimate of drug-likeness (QED) is 0.413. The van der Waals surface area contributed by atoms with Crippen LogP contribution in [0.4, 0.5) is 4.79 Å². The van der Waals surface area contributed by atoms with Gasteiger partial charge in [-0.1, -0.05) is 23.7 Å². The minimum absolute atomic E-state index is 0.213. The Bertz CT molecular complexity index is 1010. The number of aryl methyl sites for hydroxylation is 1. The zero-order chi connectivity index (χ0) is 25.3. The van der Waals surface area contributed by atoms with E-state index >= 15 is 0 Å². The van der Waals surface area contributed by atoms with Gasteiger partial charge in [0, 0.05) is 19.5 Å². The average Bonchev–Trinajstić information content (AvgIpc) is 3.40. The van der Waals surface area contributed by atoms with Crippen LogP contribution in [-0.4, -0.2) is 66.4 Å². The number of nitrogens with zero attached hydrogens (tertiary/aromatic N) is 2. The highest BCUT2D eigenvalue weighted by molar-refractivity contribution is 6.23. The minimum Gasteiger partial charge on any atom is -0.415 e. The SMILES string of the molecule is CON1CCC2(CC1)C(OC(=O)OC(C)Cl)=C(c1ccc(C)c(C)c1C)C(=O)N2OC1CCCO1. The maximum Gasteiger partial charge on any atom is 0.515 e. The number of hydrogen-bond donors (Lipinski definition) is 0. The van der Waals surface area contributed by atoms with Gasteiger partial charge in [-0.3, -0.25) is 4.79 Å². The van der Waals surface area contributed by atoms with Crippen LogP contribution in [0.1, 0.15) is 54.9 Å². The third-order valence-electron chi connectivity index (χ3n) is 7.13. The molecule has 3 aliphatic rings. The third kappa shape index (κ3) is 4.93. The standard InChI is InChI=1S/C25H33ClN2O7/c1-15-8-9-19(17(3)16(15)2)21-22(34-24(30)33-18(4)26)25(10-12-27(31-5)13-11-25)28(23(21)29)35-20-7-6-14-32-20/h8-9,18,20H,6-7,10-14H2,1-5H3. The predicted octanol–water partition coefficient (Wildman–Crippen LogP) is 4.37. The van der Waals surface area contributed by atoms with Crippen molar-refractivity contribution >= 4 is 29.2 Å². The molecule has 0 aliphatic carbocycles. The van der Waals surface area contributed by atoms with E-state index in [-0.39, 0.29) is 17.2 Å². The average molecular weight is 509 g/mol. The van der Waals surface area contributed by atoms with Crippen LogP contribution in [0.2, 0.25) is 0 Å². The number of benzene rings is 1. The number of ether oxygens (including phenoxy) is 3. The molecular formula is C25H33ClN2O7. The fourth-order valence-electron chi connectivity index (χ4n) is 4.93. The van der Waals surface area contributed by atoms with Gasteiger partial charge in [0.1, 0.15) is 5.54 Å². The molecule has 0 radical (unpaired) electrons. The molecule has 2 atom stereocenters. The fourth-order valence-corrected chi connectivity index (χ4v) is 5.01. The van der Waals surface area contributed by atoms with Crippen LogP contribution >= 0.6 is 11.6 Å². The molecular weight excluding hydrogens is 476 g/mol. The van der Waals surface area contributed by atoms with Crippen LogP contribution in [0.15, 0.2) is 17.9 Å². The number of piperidine rings is 1. The van der Waals surface area contributed by atoms with Gasteiger partial charge in [-0.25, -0.2) is 14.7 Å². The Balaban J connectivity index is 1.85. The second-order valence-electron chi connectivity index (χ2n) is 9.19. The van der Waals surface area contributed by atoms with Gasteiger partial charge in [-0.05, 0) is 69.2 Å². The van der Waals surface area contributed by atoms with E-state index in [2.05, 4.69) is 0 Å². The summed E-state index contributed by atoms with van der Waals surface area (Å²) in [6.45, 7) is 9.07. The lowest BCUT2D eigenvalue weighted by Gasteiger charge is -2.43. The minimum atomic E-state index is -1.03. The summed E-state index contributed by atoms with van der Waals surface area (Å²) in [6.07, 6.45) is 0.841. The van der Waals surface area contributed by atoms with Crippen LogP contribution in [0.25, 0.3) is 5.57 Å². The Kier molecular flexibility index (Phi) is 7.73. The van der Waals surface area contributed by atoms with Crippen molar-refractivity contribution in [1.29, 1.82) is 0 Å². The number of halogens is 1. The number of carbonyl (C=O) groups is 2. The van der Waals surface area contributed by atoms with Gasteiger partial charge in [0.15, 0.2) is 17.6 Å². The van der Waals surface area contributed by atoms with E-state index in [4.69, 9.17) is 35.5 Å². The maximum absolute atomic E-state index is 14.1. The molecule has 0 bridgehead atoms. The molecule has 35 heavy (non-hydrogen) atoms. The second kappa shape index (κ2) is 10.4. The zero-order valence-corrected chi connectivity index (χ0v) is 21.6. The van der Waals surface area contributed by atoms with Crippen molar-refractivity contribution in [3.8, 4) is 0 Å². The summed E-state index contributed by atoms with van der Waals surface area (Å²) < 4.78 is 16.6. The van der Waals surface area contributed by atoms with Crippen LogP contribution in [0, 0.1) is 20.8 Å². The van der Waals surface area contributed by atoms with Gasteiger partial charge in [-0.15, -0.1) is 0 Å². The van der Waals surface area contributed by atoms with Gasteiger partial charge < -0.3 is 19.0 Å². The summed E-state index contributed by atoms with van der Waals surface area (Å²) in [6, 6.07) is 3.84. The number of hydrogen-bond acceptors (Lipinski definition) is 8. The van der Waals surface area contributed by atoms with Crippen molar-refractivity contribution in [3.63, 3.8) is 0 Å². The summed E-state index contributed by atoms with van der Waals surface area (Å²) >= 11 is 5.88. The van der Waals surface area contributed by atoms with E-state index in [0.29, 0.717) is 44.5 Å². The highest BCUT2D eigenvalue weighted by atomic mass is 35.5. The molecule has 0 saturated carbocycles. The van der Waals surface area contributed by atoms with Gasteiger partial charge in [-0.2, -0.15) is 5.06 Å². The number of alkyl halides is 1. The molecule has 2 saturated heterocycles. The Morgan fingerprint density at radius 1 is 1.20 bits per heavy atom. The first-order chi connectivity index (χ1) is 16.7. The van der Waals surface area contributed by atoms with Crippen molar-refractivity contribution < 1.29 is 33.5 Å². The van der Waals surface area contributed by atoms with Crippen molar-refractivity contribution in [3.05, 3.63) is 40.1 Å². The van der Waals surface area contributed by atoms with E-state index in [0.717, 1.165) is 23.1 Å². The van der Waals surface area contributed by atoms with Crippen LogP contribution in [-0.2, 0) is 28.7 Å². The molecule has 1 amide bonds. The van der Waals surface area contributed by atoms with E-state index in [9.17, 15) is 9.59 Å². The van der Waals surface area contributed by atoms with E-state index < -0.39 is 23.5 Å². The Labute approximate surface area is 210 Å². The zero-order valence-electron chi connectivity index (χ0n) is 20.9. The summed E-state index contributed by atoms with van der Waals surface area (Å²) in [7, 11) is 1.61. The first-order valence-electron chi connectivity index (χ1n) is 11.9. The Morgan fingerprint density at radius 2 is 1.91 bits per heavy atom. The summed E-state index contributed by atoms with van der Waals surface area (Å²) in [4.78, 5) is 38.4. The Morgan fingerprint density at radius 3 is 2.51 bits per heavy atom. The third-order valence-corrected chi connectivity index (χ3v) is 7.22. The summed E-state index contributed by atoms with van der Waals surface area (Å²) in [5, 5.41) is 3.17. The van der Waals surface area contributed by atoms with E-state index in [1.54, 1.807) is 12.2 Å². The molecule has 0 aromatic heterocycles. The molecule has 0 N–H and O–H groups in total. The molecule has 192 valence electrons. The van der Waals surface area contributed by atoms with E-state index in [1.807, 2.05) is 32.9 Å². The molecule has 3 heterocycles. The van der Waals surface area contributed by atoms with Crippen LogP contribution in [0.3, 0.4) is 0 Å². The number of carbonyl (C=O) groups excluding carboxylic acids is 2. The van der Waals surface area contributed by atoms with Crippen molar-refractivity contribution in [2.75, 3.05) is 26.8 Å². The van der Waals surface area contributed by atoms with Crippen molar-refractivity contribution in [2.24, 2.45) is 0 Å². The molecule has 2 fully saturated rings. The number of rotatable bonds is 6. The van der Waals surface area contributed by atoms with Crippen molar-refractivity contribution in [2.45, 2.75) is 70.8 Å². The summed E-state index contributed by atoms with van der Waals surface area (Å²) in [5.74, 6) is -0.163. The number of hydroxylamine groups is 4. The predicted molar refractivity (Wildman–Crippen MR) is 128 cm³/mol. The highest BCUT2D eigenvalue weighted by Crippen LogP contribution is 2.48. The van der Waals surface area contributed by atoms with E-state index in [1.165, 1.54) is 12.0 Å². The monoisotopic (exact) mass is 508 g/mol. The van der Waals surface area contributed by atoms with Crippen molar-refractivity contribution in [1.82, 2.24) is 10.1 Å². The molecule has 2 unspecified atom stereocenters. The molecule has 9 nitrogen and oxygen atoms in total. The van der Waals surface area contributed by atoms with Gasteiger partial charge in [0.25, 0.3) is 5.91 Å². The molecule has 4 rings (SSSR count). The van der Waals surface area contributed by atoms with Gasteiger partial charge >= 0.3 is 6.16 Å². The summed E-state index contributed by atoms with van der Waals surface area (Å²) in [5.41, 5.74) is 2.13. The lowest BCUT2D eigenvalue weighted by Crippen LogP contribution is -2.56. The first kappa shape index (κ1) is 25.9. The number of amides is 1. The molecule has 1 aromatic carbocycles. The highest BCUT2D eigenvalue weighted by Gasteiger charge is 2.58. The maximum atomic E-state index is 14.1.